The minimum atomic E-state index is -0.938. The van der Waals surface area contributed by atoms with Gasteiger partial charge in [0.05, 0.1) is 11.6 Å². The largest absolute Gasteiger partial charge is 0.489 e. The maximum absolute atomic E-state index is 12.4. The minimum Gasteiger partial charge on any atom is -0.489 e. The Kier molecular flexibility index (Phi) is 6.05. The van der Waals surface area contributed by atoms with Gasteiger partial charge >= 0.3 is 5.69 Å². The SMILES string of the molecule is CCCNc1nc2c(c(=O)[nH]c(=O)n2C)n1C[C@H](O)COc1ccccc1Cl. The second kappa shape index (κ2) is 8.49. The molecule has 28 heavy (non-hydrogen) atoms. The molecule has 10 heteroatoms. The van der Waals surface area contributed by atoms with Crippen molar-refractivity contribution in [2.75, 3.05) is 18.5 Å². The summed E-state index contributed by atoms with van der Waals surface area (Å²) in [6.07, 6.45) is -0.0936. The Morgan fingerprint density at radius 2 is 2.11 bits per heavy atom. The number of aliphatic hydroxyl groups is 1. The molecule has 0 aliphatic rings. The van der Waals surface area contributed by atoms with Crippen molar-refractivity contribution in [1.29, 1.82) is 0 Å². The van der Waals surface area contributed by atoms with Gasteiger partial charge in [-0.15, -0.1) is 0 Å². The van der Waals surface area contributed by atoms with E-state index in [2.05, 4.69) is 15.3 Å². The van der Waals surface area contributed by atoms with E-state index in [0.717, 1.165) is 6.42 Å². The van der Waals surface area contributed by atoms with Crippen LogP contribution in [0.3, 0.4) is 0 Å². The molecular weight excluding hydrogens is 386 g/mol. The van der Waals surface area contributed by atoms with Crippen LogP contribution >= 0.6 is 11.6 Å². The van der Waals surface area contributed by atoms with Crippen molar-refractivity contribution < 1.29 is 9.84 Å². The average molecular weight is 408 g/mol. The van der Waals surface area contributed by atoms with Crippen molar-refractivity contribution in [3.63, 3.8) is 0 Å². The van der Waals surface area contributed by atoms with Gasteiger partial charge in [-0.3, -0.25) is 14.3 Å². The molecule has 2 heterocycles. The fraction of sp³-hybridized carbons (Fsp3) is 0.389. The molecule has 0 amide bonds. The first-order valence-corrected chi connectivity index (χ1v) is 9.29. The normalized spacial score (nSPS) is 12.3. The van der Waals surface area contributed by atoms with Crippen LogP contribution in [-0.2, 0) is 13.6 Å². The molecular formula is C18H22ClN5O4. The monoisotopic (exact) mass is 407 g/mol. The lowest BCUT2D eigenvalue weighted by Gasteiger charge is -2.16. The van der Waals surface area contributed by atoms with E-state index in [1.165, 1.54) is 11.6 Å². The van der Waals surface area contributed by atoms with Crippen LogP contribution in [0.4, 0.5) is 5.95 Å². The fourth-order valence-corrected chi connectivity index (χ4v) is 2.99. The first kappa shape index (κ1) is 20.0. The lowest BCUT2D eigenvalue weighted by atomic mass is 10.3. The summed E-state index contributed by atoms with van der Waals surface area (Å²) in [5.41, 5.74) is -0.662. The molecule has 0 saturated heterocycles. The number of ether oxygens (including phenoxy) is 1. The number of hydrogen-bond donors (Lipinski definition) is 3. The highest BCUT2D eigenvalue weighted by Gasteiger charge is 2.19. The van der Waals surface area contributed by atoms with Crippen LogP contribution in [0.5, 0.6) is 5.75 Å². The van der Waals surface area contributed by atoms with Crippen LogP contribution in [0.15, 0.2) is 33.9 Å². The predicted molar refractivity (Wildman–Crippen MR) is 107 cm³/mol. The molecule has 150 valence electrons. The van der Waals surface area contributed by atoms with E-state index in [1.54, 1.807) is 28.8 Å². The van der Waals surface area contributed by atoms with Gasteiger partial charge in [0.25, 0.3) is 5.56 Å². The Morgan fingerprint density at radius 1 is 1.36 bits per heavy atom. The van der Waals surface area contributed by atoms with Crippen molar-refractivity contribution in [3.8, 4) is 5.75 Å². The van der Waals surface area contributed by atoms with Gasteiger partial charge in [-0.1, -0.05) is 30.7 Å². The molecule has 9 nitrogen and oxygen atoms in total. The Balaban J connectivity index is 1.90. The Bertz CT molecular complexity index is 1090. The van der Waals surface area contributed by atoms with Gasteiger partial charge < -0.3 is 19.7 Å². The molecule has 1 atom stereocenters. The number of aromatic amines is 1. The maximum Gasteiger partial charge on any atom is 0.329 e. The Labute approximate surface area is 165 Å². The zero-order chi connectivity index (χ0) is 20.3. The quantitative estimate of drug-likeness (QED) is 0.519. The molecule has 0 unspecified atom stereocenters. The van der Waals surface area contributed by atoms with Gasteiger partial charge in [-0.2, -0.15) is 4.98 Å². The lowest BCUT2D eigenvalue weighted by Crippen LogP contribution is -2.31. The minimum absolute atomic E-state index is 0.0275. The van der Waals surface area contributed by atoms with E-state index >= 15 is 0 Å². The number of hydrogen-bond acceptors (Lipinski definition) is 6. The molecule has 3 aromatic rings. The van der Waals surface area contributed by atoms with Gasteiger partial charge in [0.15, 0.2) is 11.2 Å². The van der Waals surface area contributed by atoms with Crippen LogP contribution in [0.25, 0.3) is 11.2 Å². The predicted octanol–water partition coefficient (Wildman–Crippen LogP) is 1.34. The van der Waals surface area contributed by atoms with Crippen LogP contribution < -0.4 is 21.3 Å². The molecule has 0 aliphatic heterocycles. The van der Waals surface area contributed by atoms with Crippen LogP contribution in [0.1, 0.15) is 13.3 Å². The van der Waals surface area contributed by atoms with E-state index in [0.29, 0.717) is 23.3 Å². The highest BCUT2D eigenvalue weighted by Crippen LogP contribution is 2.23. The molecule has 0 aliphatic carbocycles. The van der Waals surface area contributed by atoms with Gasteiger partial charge in [0.2, 0.25) is 5.95 Å². The summed E-state index contributed by atoms with van der Waals surface area (Å²) in [6.45, 7) is 2.64. The molecule has 2 aromatic heterocycles. The highest BCUT2D eigenvalue weighted by molar-refractivity contribution is 6.32. The summed E-state index contributed by atoms with van der Waals surface area (Å²) >= 11 is 6.05. The summed E-state index contributed by atoms with van der Waals surface area (Å²) in [4.78, 5) is 30.9. The number of fused-ring (bicyclic) bond motifs is 1. The fourth-order valence-electron chi connectivity index (χ4n) is 2.80. The van der Waals surface area contributed by atoms with Crippen LogP contribution in [0, 0.1) is 0 Å². The smallest absolute Gasteiger partial charge is 0.329 e. The van der Waals surface area contributed by atoms with Crippen molar-refractivity contribution in [2.24, 2.45) is 7.05 Å². The van der Waals surface area contributed by atoms with E-state index in [9.17, 15) is 14.7 Å². The Morgan fingerprint density at radius 3 is 2.82 bits per heavy atom. The third-order valence-corrected chi connectivity index (χ3v) is 4.51. The Hall–Kier alpha value is -2.78. The highest BCUT2D eigenvalue weighted by atomic mass is 35.5. The van der Waals surface area contributed by atoms with Crippen molar-refractivity contribution in [1.82, 2.24) is 19.1 Å². The summed E-state index contributed by atoms with van der Waals surface area (Å²) in [7, 11) is 1.53. The number of halogens is 1. The molecule has 0 saturated carbocycles. The number of imidazole rings is 1. The zero-order valence-corrected chi connectivity index (χ0v) is 16.4. The molecule has 0 radical (unpaired) electrons. The van der Waals surface area contributed by atoms with E-state index < -0.39 is 17.4 Å². The topological polar surface area (TPSA) is 114 Å². The van der Waals surface area contributed by atoms with Gasteiger partial charge in [-0.05, 0) is 18.6 Å². The molecule has 0 bridgehead atoms. The van der Waals surface area contributed by atoms with Crippen molar-refractivity contribution in [2.45, 2.75) is 26.0 Å². The first-order chi connectivity index (χ1) is 13.4. The van der Waals surface area contributed by atoms with E-state index in [4.69, 9.17) is 16.3 Å². The number of para-hydroxylation sites is 1. The maximum atomic E-state index is 12.4. The number of aromatic nitrogens is 4. The number of H-pyrrole nitrogens is 1. The van der Waals surface area contributed by atoms with E-state index in [-0.39, 0.29) is 24.3 Å². The van der Waals surface area contributed by atoms with Crippen molar-refractivity contribution >= 4 is 28.7 Å². The van der Waals surface area contributed by atoms with Gasteiger partial charge in [-0.25, -0.2) is 4.79 Å². The standard InChI is InChI=1S/C18H22ClN5O4/c1-3-8-20-17-21-15-14(16(26)22-18(27)23(15)2)24(17)9-11(25)10-28-13-7-5-4-6-12(13)19/h4-7,11,25H,3,8-10H2,1-2H3,(H,20,21)(H,22,26,27)/t11-/m0/s1. The zero-order valence-electron chi connectivity index (χ0n) is 15.6. The van der Waals surface area contributed by atoms with Crippen LogP contribution in [0.2, 0.25) is 5.02 Å². The van der Waals surface area contributed by atoms with Crippen molar-refractivity contribution in [3.05, 3.63) is 50.1 Å². The number of aliphatic hydroxyl groups excluding tert-OH is 1. The third kappa shape index (κ3) is 4.05. The second-order valence-corrected chi connectivity index (χ2v) is 6.77. The van der Waals surface area contributed by atoms with Gasteiger partial charge in [0.1, 0.15) is 18.5 Å². The summed E-state index contributed by atoms with van der Waals surface area (Å²) in [5, 5.41) is 14.0. The summed E-state index contributed by atoms with van der Waals surface area (Å²) in [6, 6.07) is 6.96. The molecule has 0 fully saturated rings. The van der Waals surface area contributed by atoms with Gasteiger partial charge in [0, 0.05) is 13.6 Å². The third-order valence-electron chi connectivity index (χ3n) is 4.20. The first-order valence-electron chi connectivity index (χ1n) is 8.91. The second-order valence-electron chi connectivity index (χ2n) is 6.36. The lowest BCUT2D eigenvalue weighted by molar-refractivity contribution is 0.0939. The molecule has 3 rings (SSSR count). The number of anilines is 1. The molecule has 3 N–H and O–H groups in total. The summed E-state index contributed by atoms with van der Waals surface area (Å²) < 4.78 is 8.40. The summed E-state index contributed by atoms with van der Waals surface area (Å²) in [5.74, 6) is 0.864. The molecule has 0 spiro atoms. The average Bonchev–Trinajstić information content (AvgIpc) is 3.02. The van der Waals surface area contributed by atoms with Crippen LogP contribution in [-0.4, -0.2) is 43.5 Å². The number of aryl methyl sites for hydroxylation is 1. The number of rotatable bonds is 8. The molecule has 1 aromatic carbocycles. The van der Waals surface area contributed by atoms with E-state index in [1.807, 2.05) is 6.92 Å². The number of benzene rings is 1. The number of nitrogens with zero attached hydrogens (tertiary/aromatic N) is 3. The number of nitrogens with one attached hydrogen (secondary N) is 2.